The minimum atomic E-state index is -0.324. The zero-order valence-electron chi connectivity index (χ0n) is 11.9. The molecule has 0 fully saturated rings. The first kappa shape index (κ1) is 16.7. The Morgan fingerprint density at radius 1 is 1.25 bits per heavy atom. The minimum absolute atomic E-state index is 0.0209. The van der Waals surface area contributed by atoms with Crippen LogP contribution in [0.1, 0.15) is 25.3 Å². The van der Waals surface area contributed by atoms with E-state index in [9.17, 15) is 9.59 Å². The van der Waals surface area contributed by atoms with E-state index < -0.39 is 0 Å². The fourth-order valence-electron chi connectivity index (χ4n) is 1.83. The highest BCUT2D eigenvalue weighted by Gasteiger charge is 2.11. The molecule has 5 heteroatoms. The van der Waals surface area contributed by atoms with E-state index in [2.05, 4.69) is 0 Å². The Kier molecular flexibility index (Phi) is 7.26. The van der Waals surface area contributed by atoms with Crippen molar-refractivity contribution in [2.45, 2.75) is 26.3 Å². The monoisotopic (exact) mass is 297 g/mol. The van der Waals surface area contributed by atoms with E-state index in [0.717, 1.165) is 5.56 Å². The van der Waals surface area contributed by atoms with Crippen molar-refractivity contribution in [1.29, 1.82) is 0 Å². The van der Waals surface area contributed by atoms with Gasteiger partial charge >= 0.3 is 5.97 Å². The van der Waals surface area contributed by atoms with Crippen LogP contribution in [0.25, 0.3) is 0 Å². The summed E-state index contributed by atoms with van der Waals surface area (Å²) in [4.78, 5) is 24.8. The average molecular weight is 298 g/mol. The Labute approximate surface area is 124 Å². The zero-order chi connectivity index (χ0) is 15.0. The first-order valence-corrected chi connectivity index (χ1v) is 7.00. The van der Waals surface area contributed by atoms with Crippen LogP contribution in [-0.2, 0) is 20.9 Å². The highest BCUT2D eigenvalue weighted by molar-refractivity contribution is 6.31. The van der Waals surface area contributed by atoms with Crippen LogP contribution in [-0.4, -0.2) is 36.9 Å². The summed E-state index contributed by atoms with van der Waals surface area (Å²) in [6.45, 7) is 2.99. The number of esters is 1. The lowest BCUT2D eigenvalue weighted by atomic mass is 10.2. The second-order valence-corrected chi connectivity index (χ2v) is 5.01. The number of nitrogens with zero attached hydrogens (tertiary/aromatic N) is 1. The van der Waals surface area contributed by atoms with Crippen LogP contribution in [0.2, 0.25) is 5.02 Å². The Bertz CT molecular complexity index is 462. The maximum Gasteiger partial charge on any atom is 0.306 e. The predicted molar refractivity (Wildman–Crippen MR) is 78.7 cm³/mol. The van der Waals surface area contributed by atoms with Gasteiger partial charge in [-0.15, -0.1) is 0 Å². The first-order valence-electron chi connectivity index (χ1n) is 6.62. The molecule has 0 amide bonds. The number of likely N-dealkylation sites (N-methyl/N-ethyl adjacent to an activating group) is 1. The molecule has 1 aromatic carbocycles. The van der Waals surface area contributed by atoms with E-state index in [1.54, 1.807) is 6.92 Å². The maximum atomic E-state index is 11.8. The van der Waals surface area contributed by atoms with Crippen molar-refractivity contribution in [3.05, 3.63) is 34.9 Å². The summed E-state index contributed by atoms with van der Waals surface area (Å²) in [5.74, 6) is -0.304. The predicted octanol–water partition coefficient (Wildman–Crippen LogP) is 2.68. The first-order chi connectivity index (χ1) is 9.52. The van der Waals surface area contributed by atoms with Gasteiger partial charge in [0.05, 0.1) is 19.6 Å². The highest BCUT2D eigenvalue weighted by atomic mass is 35.5. The lowest BCUT2D eigenvalue weighted by molar-refractivity contribution is -0.144. The minimum Gasteiger partial charge on any atom is -0.466 e. The second kappa shape index (κ2) is 8.72. The van der Waals surface area contributed by atoms with E-state index in [1.165, 1.54) is 0 Å². The Hall–Kier alpha value is -1.39. The van der Waals surface area contributed by atoms with Gasteiger partial charge in [0.2, 0.25) is 0 Å². The number of hydrogen-bond acceptors (Lipinski definition) is 4. The summed E-state index contributed by atoms with van der Waals surface area (Å²) in [6.07, 6.45) is 0.359. The molecule has 0 saturated heterocycles. The second-order valence-electron chi connectivity index (χ2n) is 4.61. The third-order valence-corrected chi connectivity index (χ3v) is 3.13. The number of carbonyl (C=O) groups excluding carboxylic acids is 2. The van der Waals surface area contributed by atoms with Crippen LogP contribution in [0.4, 0.5) is 0 Å². The molecular formula is C15H20ClNO3. The highest BCUT2D eigenvalue weighted by Crippen LogP contribution is 2.16. The lowest BCUT2D eigenvalue weighted by Gasteiger charge is -2.16. The molecule has 0 unspecified atom stereocenters. The number of ether oxygens (including phenoxy) is 1. The van der Waals surface area contributed by atoms with Gasteiger partial charge in [-0.3, -0.25) is 14.5 Å². The van der Waals surface area contributed by atoms with Gasteiger partial charge in [0.25, 0.3) is 0 Å². The van der Waals surface area contributed by atoms with Gasteiger partial charge in [-0.05, 0) is 25.6 Å². The van der Waals surface area contributed by atoms with E-state index >= 15 is 0 Å². The van der Waals surface area contributed by atoms with Gasteiger partial charge < -0.3 is 4.74 Å². The molecule has 20 heavy (non-hydrogen) atoms. The summed E-state index contributed by atoms with van der Waals surface area (Å²) in [5, 5.41) is 0.693. The number of carbonyl (C=O) groups is 2. The smallest absolute Gasteiger partial charge is 0.306 e. The van der Waals surface area contributed by atoms with Gasteiger partial charge in [-0.25, -0.2) is 0 Å². The van der Waals surface area contributed by atoms with Gasteiger partial charge in [0, 0.05) is 18.0 Å². The number of rotatable bonds is 8. The van der Waals surface area contributed by atoms with Crippen molar-refractivity contribution in [3.8, 4) is 0 Å². The molecule has 1 rings (SSSR count). The van der Waals surface area contributed by atoms with E-state index in [-0.39, 0.29) is 24.6 Å². The SMILES string of the molecule is CCOC(=O)CCC(=O)CN(C)Cc1ccccc1Cl. The van der Waals surface area contributed by atoms with Crippen molar-refractivity contribution in [2.75, 3.05) is 20.2 Å². The summed E-state index contributed by atoms with van der Waals surface area (Å²) in [6, 6.07) is 7.54. The summed E-state index contributed by atoms with van der Waals surface area (Å²) < 4.78 is 4.79. The summed E-state index contributed by atoms with van der Waals surface area (Å²) >= 11 is 6.07. The third kappa shape index (κ3) is 6.17. The van der Waals surface area contributed by atoms with Crippen molar-refractivity contribution in [1.82, 2.24) is 4.90 Å². The van der Waals surface area contributed by atoms with E-state index in [4.69, 9.17) is 16.3 Å². The number of benzene rings is 1. The van der Waals surface area contributed by atoms with Crippen LogP contribution in [0.5, 0.6) is 0 Å². The fourth-order valence-corrected chi connectivity index (χ4v) is 2.02. The van der Waals surface area contributed by atoms with E-state index in [1.807, 2.05) is 36.2 Å². The average Bonchev–Trinajstić information content (AvgIpc) is 2.39. The molecule has 0 heterocycles. The molecule has 0 bridgehead atoms. The number of hydrogen-bond donors (Lipinski definition) is 0. The Morgan fingerprint density at radius 3 is 2.60 bits per heavy atom. The molecule has 0 saturated carbocycles. The zero-order valence-corrected chi connectivity index (χ0v) is 12.7. The Morgan fingerprint density at radius 2 is 1.95 bits per heavy atom. The molecule has 0 radical (unpaired) electrons. The standard InChI is InChI=1S/C15H20ClNO3/c1-3-20-15(19)9-8-13(18)11-17(2)10-12-6-4-5-7-14(12)16/h4-7H,3,8-11H2,1-2H3. The van der Waals surface area contributed by atoms with Gasteiger partial charge in [0.1, 0.15) is 5.78 Å². The topological polar surface area (TPSA) is 46.6 Å². The summed E-state index contributed by atoms with van der Waals surface area (Å²) in [5.41, 5.74) is 0.981. The number of Topliss-reactive ketones (excluding diaryl/α,β-unsaturated/α-hetero) is 1. The van der Waals surface area contributed by atoms with Crippen molar-refractivity contribution >= 4 is 23.4 Å². The van der Waals surface area contributed by atoms with Crippen LogP contribution >= 0.6 is 11.6 Å². The maximum absolute atomic E-state index is 11.8. The van der Waals surface area contributed by atoms with Crippen LogP contribution in [0, 0.1) is 0 Å². The van der Waals surface area contributed by atoms with E-state index in [0.29, 0.717) is 24.7 Å². The van der Waals surface area contributed by atoms with Gasteiger partial charge in [-0.2, -0.15) is 0 Å². The van der Waals surface area contributed by atoms with Gasteiger partial charge in [0.15, 0.2) is 0 Å². The normalized spacial score (nSPS) is 10.6. The molecule has 0 aliphatic rings. The lowest BCUT2D eigenvalue weighted by Crippen LogP contribution is -2.26. The molecule has 0 aromatic heterocycles. The molecule has 0 N–H and O–H groups in total. The van der Waals surface area contributed by atoms with Crippen molar-refractivity contribution in [3.63, 3.8) is 0 Å². The third-order valence-electron chi connectivity index (χ3n) is 2.76. The largest absolute Gasteiger partial charge is 0.466 e. The quantitative estimate of drug-likeness (QED) is 0.692. The number of ketones is 1. The van der Waals surface area contributed by atoms with Gasteiger partial charge in [-0.1, -0.05) is 29.8 Å². The molecule has 0 aliphatic heterocycles. The Balaban J connectivity index is 2.35. The van der Waals surface area contributed by atoms with Crippen molar-refractivity contribution < 1.29 is 14.3 Å². The molecule has 110 valence electrons. The molecule has 0 atom stereocenters. The van der Waals surface area contributed by atoms with Crippen LogP contribution < -0.4 is 0 Å². The van der Waals surface area contributed by atoms with Crippen LogP contribution in [0.15, 0.2) is 24.3 Å². The fraction of sp³-hybridized carbons (Fsp3) is 0.467. The molecule has 0 spiro atoms. The molecule has 0 aliphatic carbocycles. The molecular weight excluding hydrogens is 278 g/mol. The van der Waals surface area contributed by atoms with Crippen molar-refractivity contribution in [2.24, 2.45) is 0 Å². The number of halogens is 1. The molecule has 1 aromatic rings. The van der Waals surface area contributed by atoms with Crippen LogP contribution in [0.3, 0.4) is 0 Å². The summed E-state index contributed by atoms with van der Waals surface area (Å²) in [7, 11) is 1.85. The molecule has 4 nitrogen and oxygen atoms in total.